The minimum atomic E-state index is -3.68. The standard InChI is InChI=1S/C15H23N3O6S2/c1-15(2,24-5)12(13(19)18-26(20,21)9-6-7-9)25-14-16-10(22-3)8-11(17-14)23-4/h8-9,12H,6-7H2,1-5H3,(H,18,19). The lowest BCUT2D eigenvalue weighted by molar-refractivity contribution is -0.123. The van der Waals surface area contributed by atoms with Gasteiger partial charge in [-0.3, -0.25) is 9.52 Å². The number of carbonyl (C=O) groups excluding carboxylic acids is 1. The van der Waals surface area contributed by atoms with Gasteiger partial charge in [0.05, 0.1) is 31.1 Å². The Morgan fingerprint density at radius 3 is 2.19 bits per heavy atom. The lowest BCUT2D eigenvalue weighted by Gasteiger charge is -2.30. The molecule has 1 aromatic rings. The number of nitrogens with zero attached hydrogens (tertiary/aromatic N) is 2. The molecule has 9 nitrogen and oxygen atoms in total. The van der Waals surface area contributed by atoms with Gasteiger partial charge in [0, 0.05) is 7.11 Å². The molecule has 1 heterocycles. The predicted octanol–water partition coefficient (Wildman–Crippen LogP) is 0.988. The van der Waals surface area contributed by atoms with E-state index in [9.17, 15) is 13.2 Å². The summed E-state index contributed by atoms with van der Waals surface area (Å²) in [6, 6.07) is 1.50. The second-order valence-electron chi connectivity index (χ2n) is 6.25. The van der Waals surface area contributed by atoms with Crippen LogP contribution in [0, 0.1) is 0 Å². The number of rotatable bonds is 9. The van der Waals surface area contributed by atoms with Crippen LogP contribution >= 0.6 is 11.8 Å². The van der Waals surface area contributed by atoms with Crippen molar-refractivity contribution in [3.63, 3.8) is 0 Å². The average Bonchev–Trinajstić information content (AvgIpc) is 3.44. The number of hydrogen-bond acceptors (Lipinski definition) is 9. The van der Waals surface area contributed by atoms with Gasteiger partial charge in [0.2, 0.25) is 27.7 Å². The third kappa shape index (κ3) is 4.98. The SMILES string of the molecule is COc1cc(OC)nc(SC(C(=O)NS(=O)(=O)C2CC2)C(C)(C)OC)n1. The van der Waals surface area contributed by atoms with E-state index in [2.05, 4.69) is 14.7 Å². The monoisotopic (exact) mass is 405 g/mol. The van der Waals surface area contributed by atoms with Crippen LogP contribution in [0.15, 0.2) is 11.2 Å². The van der Waals surface area contributed by atoms with Crippen molar-refractivity contribution in [2.45, 2.75) is 47.9 Å². The van der Waals surface area contributed by atoms with Crippen LogP contribution in [0.3, 0.4) is 0 Å². The fourth-order valence-electron chi connectivity index (χ4n) is 2.02. The highest BCUT2D eigenvalue weighted by molar-refractivity contribution is 8.00. The molecule has 1 N–H and O–H groups in total. The molecule has 1 saturated carbocycles. The molecule has 0 radical (unpaired) electrons. The van der Waals surface area contributed by atoms with E-state index in [1.807, 2.05) is 0 Å². The summed E-state index contributed by atoms with van der Waals surface area (Å²) in [5, 5.41) is -1.22. The smallest absolute Gasteiger partial charge is 0.249 e. The summed E-state index contributed by atoms with van der Waals surface area (Å²) >= 11 is 0.977. The van der Waals surface area contributed by atoms with Crippen molar-refractivity contribution in [2.24, 2.45) is 0 Å². The van der Waals surface area contributed by atoms with Gasteiger partial charge >= 0.3 is 0 Å². The maximum absolute atomic E-state index is 12.7. The third-order valence-corrected chi connectivity index (χ3v) is 7.15. The van der Waals surface area contributed by atoms with Crippen LogP contribution in [-0.2, 0) is 19.6 Å². The summed E-state index contributed by atoms with van der Waals surface area (Å²) in [6.07, 6.45) is 1.12. The maximum atomic E-state index is 12.7. The highest BCUT2D eigenvalue weighted by Crippen LogP contribution is 2.34. The Morgan fingerprint density at radius 2 is 1.77 bits per heavy atom. The summed E-state index contributed by atoms with van der Waals surface area (Å²) in [6.45, 7) is 3.37. The summed E-state index contributed by atoms with van der Waals surface area (Å²) in [5.41, 5.74) is -0.979. The van der Waals surface area contributed by atoms with Crippen LogP contribution in [0.5, 0.6) is 11.8 Å². The first kappa shape index (κ1) is 20.7. The van der Waals surface area contributed by atoms with Crippen molar-refractivity contribution in [3.8, 4) is 11.8 Å². The molecule has 1 unspecified atom stereocenters. The first-order valence-corrected chi connectivity index (χ1v) is 10.3. The zero-order valence-electron chi connectivity index (χ0n) is 15.3. The number of methoxy groups -OCH3 is 3. The summed E-state index contributed by atoms with van der Waals surface area (Å²) in [5.74, 6) is -0.155. The number of ether oxygens (including phenoxy) is 3. The Kier molecular flexibility index (Phi) is 6.35. The fraction of sp³-hybridized carbons (Fsp3) is 0.667. The second kappa shape index (κ2) is 7.97. The minimum Gasteiger partial charge on any atom is -0.481 e. The van der Waals surface area contributed by atoms with Crippen molar-refractivity contribution in [2.75, 3.05) is 21.3 Å². The second-order valence-corrected chi connectivity index (χ2v) is 9.28. The third-order valence-electron chi connectivity index (χ3n) is 3.90. The van der Waals surface area contributed by atoms with Crippen LogP contribution in [0.4, 0.5) is 0 Å². The summed E-state index contributed by atoms with van der Waals surface area (Å²) in [4.78, 5) is 21.1. The van der Waals surface area contributed by atoms with Gasteiger partial charge < -0.3 is 14.2 Å². The van der Waals surface area contributed by atoms with Crippen LogP contribution in [0.1, 0.15) is 26.7 Å². The van der Waals surface area contributed by atoms with Crippen LogP contribution in [0.25, 0.3) is 0 Å². The van der Waals surface area contributed by atoms with Crippen molar-refractivity contribution in [1.82, 2.24) is 14.7 Å². The Bertz CT molecular complexity index is 742. The molecule has 0 aliphatic heterocycles. The largest absolute Gasteiger partial charge is 0.481 e. The lowest BCUT2D eigenvalue weighted by atomic mass is 10.0. The van der Waals surface area contributed by atoms with Gasteiger partial charge in [-0.2, -0.15) is 9.97 Å². The van der Waals surface area contributed by atoms with E-state index in [0.717, 1.165) is 11.8 Å². The van der Waals surface area contributed by atoms with Gasteiger partial charge in [-0.1, -0.05) is 11.8 Å². The molecule has 0 bridgehead atoms. The molecule has 1 aromatic heterocycles. The highest BCUT2D eigenvalue weighted by atomic mass is 32.2. The Labute approximate surface area is 157 Å². The first-order valence-electron chi connectivity index (χ1n) is 7.87. The molecule has 1 aliphatic rings. The normalized spacial score (nSPS) is 16.0. The van der Waals surface area contributed by atoms with Gasteiger partial charge in [-0.15, -0.1) is 0 Å². The first-order chi connectivity index (χ1) is 12.1. The molecule has 26 heavy (non-hydrogen) atoms. The molecule has 0 spiro atoms. The number of thioether (sulfide) groups is 1. The molecule has 11 heteroatoms. The lowest BCUT2D eigenvalue weighted by Crippen LogP contribution is -2.49. The van der Waals surface area contributed by atoms with Gasteiger partial charge in [0.25, 0.3) is 0 Å². The Hall–Kier alpha value is -1.59. The van der Waals surface area contributed by atoms with Crippen LogP contribution in [-0.4, -0.2) is 61.7 Å². The molecule has 1 aliphatic carbocycles. The van der Waals surface area contributed by atoms with Gasteiger partial charge in [0.15, 0.2) is 5.16 Å². The Balaban J connectivity index is 2.29. The molecule has 1 amide bonds. The molecule has 0 aromatic carbocycles. The van der Waals surface area contributed by atoms with Crippen molar-refractivity contribution < 1.29 is 27.4 Å². The number of sulfonamides is 1. The van der Waals surface area contributed by atoms with E-state index in [0.29, 0.717) is 12.8 Å². The van der Waals surface area contributed by atoms with E-state index in [4.69, 9.17) is 14.2 Å². The van der Waals surface area contributed by atoms with E-state index in [1.165, 1.54) is 27.4 Å². The fourth-order valence-corrected chi connectivity index (χ4v) is 4.46. The van der Waals surface area contributed by atoms with E-state index in [1.54, 1.807) is 13.8 Å². The quantitative estimate of drug-likeness (QED) is 0.474. The molecular weight excluding hydrogens is 382 g/mol. The molecular formula is C15H23N3O6S2. The van der Waals surface area contributed by atoms with Gasteiger partial charge in [-0.25, -0.2) is 8.42 Å². The summed E-state index contributed by atoms with van der Waals surface area (Å²) < 4.78 is 42.0. The van der Waals surface area contributed by atoms with Crippen LogP contribution in [0.2, 0.25) is 0 Å². The van der Waals surface area contributed by atoms with Crippen molar-refractivity contribution in [1.29, 1.82) is 0 Å². The highest BCUT2D eigenvalue weighted by Gasteiger charge is 2.42. The summed E-state index contributed by atoms with van der Waals surface area (Å²) in [7, 11) is 0.664. The van der Waals surface area contributed by atoms with Crippen molar-refractivity contribution >= 4 is 27.7 Å². The molecule has 1 atom stereocenters. The van der Waals surface area contributed by atoms with E-state index < -0.39 is 32.0 Å². The number of nitrogens with one attached hydrogen (secondary N) is 1. The van der Waals surface area contributed by atoms with E-state index in [-0.39, 0.29) is 16.9 Å². The maximum Gasteiger partial charge on any atom is 0.249 e. The van der Waals surface area contributed by atoms with E-state index >= 15 is 0 Å². The number of hydrogen-bond donors (Lipinski definition) is 1. The topological polar surface area (TPSA) is 117 Å². The molecule has 146 valence electrons. The average molecular weight is 405 g/mol. The number of aromatic nitrogens is 2. The van der Waals surface area contributed by atoms with Crippen molar-refractivity contribution in [3.05, 3.63) is 6.07 Å². The van der Waals surface area contributed by atoms with Gasteiger partial charge in [0.1, 0.15) is 5.25 Å². The van der Waals surface area contributed by atoms with Gasteiger partial charge in [-0.05, 0) is 26.7 Å². The number of carbonyl (C=O) groups is 1. The van der Waals surface area contributed by atoms with Crippen LogP contribution < -0.4 is 14.2 Å². The molecule has 2 rings (SSSR count). The zero-order chi connectivity index (χ0) is 19.5. The predicted molar refractivity (Wildman–Crippen MR) is 96.0 cm³/mol. The Morgan fingerprint density at radius 1 is 1.23 bits per heavy atom. The zero-order valence-corrected chi connectivity index (χ0v) is 16.9. The number of amides is 1. The minimum absolute atomic E-state index is 0.204. The molecule has 1 fully saturated rings. The molecule has 0 saturated heterocycles.